The molecular weight excluding hydrogens is 356 g/mol. The number of likely N-dealkylation sites (tertiary alicyclic amines) is 1. The number of aliphatic imine (C=N–C) groups is 1. The van der Waals surface area contributed by atoms with Crippen molar-refractivity contribution in [3.05, 3.63) is 60.2 Å². The van der Waals surface area contributed by atoms with Gasteiger partial charge in [0.05, 0.1) is 6.04 Å². The molecular formula is C21H24N4O3. The number of ether oxygens (including phenoxy) is 1. The van der Waals surface area contributed by atoms with Gasteiger partial charge < -0.3 is 20.2 Å². The first kappa shape index (κ1) is 18.3. The lowest BCUT2D eigenvalue weighted by atomic mass is 10.00. The maximum atomic E-state index is 12.8. The summed E-state index contributed by atoms with van der Waals surface area (Å²) in [5.41, 5.74) is 10.3. The fourth-order valence-electron chi connectivity index (χ4n) is 3.60. The number of nitrogens with one attached hydrogen (secondary N) is 1. The zero-order valence-electron chi connectivity index (χ0n) is 15.6. The Morgan fingerprint density at radius 2 is 2.07 bits per heavy atom. The smallest absolute Gasteiger partial charge is 0.260 e. The van der Waals surface area contributed by atoms with E-state index in [4.69, 9.17) is 15.3 Å². The number of benzene rings is 2. The van der Waals surface area contributed by atoms with E-state index in [2.05, 4.69) is 10.5 Å². The highest BCUT2D eigenvalue weighted by molar-refractivity contribution is 5.95. The minimum absolute atomic E-state index is 0.0138. The van der Waals surface area contributed by atoms with E-state index in [1.165, 1.54) is 0 Å². The standard InChI is InChI=1S/C21H24N4O3/c22-16-8-6-7-15(13-16)21-23-20(24-28-21)18-11-4-5-12-25(18)19(26)14-27-17-9-2-1-3-10-17/h1-3,6-10,13,18,20,24H,4-5,11-12,14,22H2/t18-,20?/m1/s1. The molecule has 2 aromatic carbocycles. The van der Waals surface area contributed by atoms with Crippen LogP contribution >= 0.6 is 0 Å². The second-order valence-electron chi connectivity index (χ2n) is 6.98. The van der Waals surface area contributed by atoms with Gasteiger partial charge >= 0.3 is 0 Å². The number of amides is 1. The number of para-hydroxylation sites is 1. The number of nitrogens with two attached hydrogens (primary N) is 1. The SMILES string of the molecule is Nc1cccc(C2=NC([C@H]3CCCCN3C(=O)COc3ccccc3)NO2)c1. The average Bonchev–Trinajstić information content (AvgIpc) is 3.23. The van der Waals surface area contributed by atoms with Crippen LogP contribution in [-0.4, -0.2) is 42.1 Å². The molecule has 7 nitrogen and oxygen atoms in total. The van der Waals surface area contributed by atoms with Gasteiger partial charge in [-0.1, -0.05) is 24.3 Å². The zero-order chi connectivity index (χ0) is 19.3. The number of nitrogens with zero attached hydrogens (tertiary/aromatic N) is 2. The Kier molecular flexibility index (Phi) is 5.43. The number of nitrogen functional groups attached to an aromatic ring is 1. The Morgan fingerprint density at radius 3 is 2.89 bits per heavy atom. The lowest BCUT2D eigenvalue weighted by Crippen LogP contribution is -2.53. The molecule has 1 unspecified atom stereocenters. The maximum Gasteiger partial charge on any atom is 0.260 e. The summed E-state index contributed by atoms with van der Waals surface area (Å²) < 4.78 is 5.64. The van der Waals surface area contributed by atoms with Crippen molar-refractivity contribution in [2.24, 2.45) is 4.99 Å². The summed E-state index contributed by atoms with van der Waals surface area (Å²) in [7, 11) is 0. The van der Waals surface area contributed by atoms with Crippen LogP contribution in [0.3, 0.4) is 0 Å². The molecule has 146 valence electrons. The maximum absolute atomic E-state index is 12.8. The van der Waals surface area contributed by atoms with E-state index >= 15 is 0 Å². The van der Waals surface area contributed by atoms with Gasteiger partial charge in [0.25, 0.3) is 5.91 Å². The van der Waals surface area contributed by atoms with Gasteiger partial charge in [0, 0.05) is 17.8 Å². The molecule has 2 atom stereocenters. The van der Waals surface area contributed by atoms with Crippen LogP contribution in [0.25, 0.3) is 0 Å². The highest BCUT2D eigenvalue weighted by Crippen LogP contribution is 2.24. The molecule has 0 saturated carbocycles. The molecule has 4 rings (SSSR count). The third-order valence-corrected chi connectivity index (χ3v) is 5.01. The second kappa shape index (κ2) is 8.31. The predicted molar refractivity (Wildman–Crippen MR) is 107 cm³/mol. The molecule has 7 heteroatoms. The quantitative estimate of drug-likeness (QED) is 0.777. The largest absolute Gasteiger partial charge is 0.484 e. The van der Waals surface area contributed by atoms with E-state index in [0.29, 0.717) is 23.9 Å². The van der Waals surface area contributed by atoms with Crippen LogP contribution in [0.5, 0.6) is 5.75 Å². The van der Waals surface area contributed by atoms with Crippen molar-refractivity contribution in [3.8, 4) is 5.75 Å². The third-order valence-electron chi connectivity index (χ3n) is 5.01. The number of rotatable bonds is 5. The van der Waals surface area contributed by atoms with E-state index in [1.807, 2.05) is 59.5 Å². The summed E-state index contributed by atoms with van der Waals surface area (Å²) in [6.45, 7) is 0.711. The summed E-state index contributed by atoms with van der Waals surface area (Å²) in [6, 6.07) is 16.7. The van der Waals surface area contributed by atoms with Crippen molar-refractivity contribution in [1.29, 1.82) is 0 Å². The first-order valence-electron chi connectivity index (χ1n) is 9.54. The number of carbonyl (C=O) groups is 1. The van der Waals surface area contributed by atoms with Gasteiger partial charge in [-0.25, -0.2) is 4.99 Å². The van der Waals surface area contributed by atoms with Crippen molar-refractivity contribution in [3.63, 3.8) is 0 Å². The Hall–Kier alpha value is -3.06. The van der Waals surface area contributed by atoms with Gasteiger partial charge in [0.2, 0.25) is 5.90 Å². The molecule has 28 heavy (non-hydrogen) atoms. The Balaban J connectivity index is 1.44. The predicted octanol–water partition coefficient (Wildman–Crippen LogP) is 2.34. The van der Waals surface area contributed by atoms with Gasteiger partial charge in [0.15, 0.2) is 12.8 Å². The molecule has 2 aliphatic heterocycles. The Bertz CT molecular complexity index is 856. The normalized spacial score (nSPS) is 21.7. The van der Waals surface area contributed by atoms with Crippen LogP contribution in [0, 0.1) is 0 Å². The summed E-state index contributed by atoms with van der Waals surface area (Å²) in [5.74, 6) is 1.15. The van der Waals surface area contributed by atoms with Crippen LogP contribution in [0.2, 0.25) is 0 Å². The van der Waals surface area contributed by atoms with Crippen LogP contribution in [-0.2, 0) is 9.63 Å². The monoisotopic (exact) mass is 380 g/mol. The van der Waals surface area contributed by atoms with Crippen molar-refractivity contribution in [1.82, 2.24) is 10.4 Å². The zero-order valence-corrected chi connectivity index (χ0v) is 15.6. The van der Waals surface area contributed by atoms with E-state index in [9.17, 15) is 4.79 Å². The number of hydrogen-bond acceptors (Lipinski definition) is 6. The lowest BCUT2D eigenvalue weighted by molar-refractivity contribution is -0.138. The van der Waals surface area contributed by atoms with Crippen molar-refractivity contribution in [2.45, 2.75) is 31.5 Å². The average molecular weight is 380 g/mol. The highest BCUT2D eigenvalue weighted by atomic mass is 16.7. The Morgan fingerprint density at radius 1 is 1.21 bits per heavy atom. The van der Waals surface area contributed by atoms with E-state index < -0.39 is 0 Å². The van der Waals surface area contributed by atoms with Gasteiger partial charge in [-0.3, -0.25) is 4.79 Å². The number of piperidine rings is 1. The molecule has 0 radical (unpaired) electrons. The molecule has 2 aromatic rings. The van der Waals surface area contributed by atoms with Gasteiger partial charge in [-0.05, 0) is 49.6 Å². The van der Waals surface area contributed by atoms with Crippen LogP contribution in [0.1, 0.15) is 24.8 Å². The number of hydrogen-bond donors (Lipinski definition) is 2. The highest BCUT2D eigenvalue weighted by Gasteiger charge is 2.36. The summed E-state index contributed by atoms with van der Waals surface area (Å²) in [5, 5.41) is 0. The summed E-state index contributed by atoms with van der Waals surface area (Å²) in [6.07, 6.45) is 2.59. The fraction of sp³-hybridized carbons (Fsp3) is 0.333. The summed E-state index contributed by atoms with van der Waals surface area (Å²) >= 11 is 0. The second-order valence-corrected chi connectivity index (χ2v) is 6.98. The first-order chi connectivity index (χ1) is 13.7. The van der Waals surface area contributed by atoms with Gasteiger partial charge in [-0.15, -0.1) is 5.48 Å². The van der Waals surface area contributed by atoms with Crippen molar-refractivity contribution >= 4 is 17.5 Å². The number of carbonyl (C=O) groups excluding carboxylic acids is 1. The molecule has 1 fully saturated rings. The van der Waals surface area contributed by atoms with Crippen LogP contribution in [0.15, 0.2) is 59.6 Å². The topological polar surface area (TPSA) is 89.2 Å². The minimum Gasteiger partial charge on any atom is -0.484 e. The van der Waals surface area contributed by atoms with E-state index in [1.54, 1.807) is 0 Å². The molecule has 0 aromatic heterocycles. The number of hydroxylamine groups is 1. The molecule has 0 aliphatic carbocycles. The van der Waals surface area contributed by atoms with Crippen LogP contribution in [0.4, 0.5) is 5.69 Å². The van der Waals surface area contributed by atoms with Gasteiger partial charge in [-0.2, -0.15) is 0 Å². The molecule has 0 bridgehead atoms. The molecule has 1 saturated heterocycles. The first-order valence-corrected chi connectivity index (χ1v) is 9.54. The van der Waals surface area contributed by atoms with E-state index in [-0.39, 0.29) is 24.7 Å². The molecule has 2 aliphatic rings. The molecule has 1 amide bonds. The van der Waals surface area contributed by atoms with Gasteiger partial charge in [0.1, 0.15) is 5.75 Å². The van der Waals surface area contributed by atoms with E-state index in [0.717, 1.165) is 24.8 Å². The minimum atomic E-state index is -0.308. The van der Waals surface area contributed by atoms with Crippen LogP contribution < -0.4 is 16.0 Å². The molecule has 0 spiro atoms. The molecule has 3 N–H and O–H groups in total. The van der Waals surface area contributed by atoms with Crippen molar-refractivity contribution < 1.29 is 14.4 Å². The van der Waals surface area contributed by atoms with Crippen molar-refractivity contribution in [2.75, 3.05) is 18.9 Å². The Labute approximate surface area is 164 Å². The lowest BCUT2D eigenvalue weighted by Gasteiger charge is -2.37. The molecule has 2 heterocycles. The fourth-order valence-corrected chi connectivity index (χ4v) is 3.60. The number of anilines is 1. The summed E-state index contributed by atoms with van der Waals surface area (Å²) in [4.78, 5) is 24.9. The third kappa shape index (κ3) is 4.09.